The highest BCUT2D eigenvalue weighted by Crippen LogP contribution is 2.42. The van der Waals surface area contributed by atoms with Gasteiger partial charge in [-0.25, -0.2) is 18.3 Å². The fraction of sp³-hybridized carbons (Fsp3) is 0.250. The van der Waals surface area contributed by atoms with E-state index in [0.717, 1.165) is 24.1 Å². The molecule has 33 heavy (non-hydrogen) atoms. The molecule has 5 rings (SSSR count). The number of aromatic nitrogens is 4. The molecule has 0 radical (unpaired) electrons. The number of nitrogens with zero attached hydrogens (tertiary/aromatic N) is 5. The maximum Gasteiger partial charge on any atom is 0.274 e. The van der Waals surface area contributed by atoms with Gasteiger partial charge in [-0.3, -0.25) is 9.78 Å². The zero-order valence-electron chi connectivity index (χ0n) is 18.2. The summed E-state index contributed by atoms with van der Waals surface area (Å²) in [6.45, 7) is 4.43. The maximum atomic E-state index is 14.7. The highest BCUT2D eigenvalue weighted by atomic mass is 19.1. The Hall–Kier alpha value is -3.88. The quantitative estimate of drug-likeness (QED) is 0.498. The van der Waals surface area contributed by atoms with E-state index in [4.69, 9.17) is 4.98 Å². The molecule has 0 saturated carbocycles. The highest BCUT2D eigenvalue weighted by Gasteiger charge is 2.41. The normalized spacial score (nSPS) is 18.1. The second-order valence-corrected chi connectivity index (χ2v) is 8.44. The van der Waals surface area contributed by atoms with E-state index < -0.39 is 17.2 Å². The molecule has 1 aliphatic rings. The Morgan fingerprint density at radius 1 is 1.15 bits per heavy atom. The van der Waals surface area contributed by atoms with Gasteiger partial charge in [0.05, 0.1) is 11.7 Å². The molecule has 9 heteroatoms. The van der Waals surface area contributed by atoms with Crippen LogP contribution in [0.15, 0.2) is 55.0 Å². The van der Waals surface area contributed by atoms with Gasteiger partial charge in [0.15, 0.2) is 5.65 Å². The molecule has 3 aromatic heterocycles. The van der Waals surface area contributed by atoms with Crippen molar-refractivity contribution < 1.29 is 13.6 Å². The van der Waals surface area contributed by atoms with Crippen LogP contribution in [0.5, 0.6) is 0 Å². The van der Waals surface area contributed by atoms with E-state index in [0.29, 0.717) is 35.7 Å². The molecule has 0 aliphatic carbocycles. The molecular formula is C24H22F2N6O. The van der Waals surface area contributed by atoms with Gasteiger partial charge in [0, 0.05) is 24.5 Å². The standard InChI is InChI=1S/C24H22F2N6O/c1-15-4-7-19(27-13-15)23(33)29-20-14-28-32-11-8-21(30-22(20)32)31-10-3-9-24(31,2)17-12-16(25)5-6-18(17)26/h4-8,11-14H,3,9-10H2,1-2H3,(H,29,33)/t24-/m1/s1. The van der Waals surface area contributed by atoms with Crippen LogP contribution >= 0.6 is 0 Å². The molecule has 0 unspecified atom stereocenters. The van der Waals surface area contributed by atoms with Crippen LogP contribution in [0.25, 0.3) is 5.65 Å². The third-order valence-electron chi connectivity index (χ3n) is 6.17. The Bertz CT molecular complexity index is 1350. The van der Waals surface area contributed by atoms with E-state index in [2.05, 4.69) is 15.4 Å². The van der Waals surface area contributed by atoms with E-state index in [1.165, 1.54) is 12.3 Å². The number of pyridine rings is 1. The minimum Gasteiger partial charge on any atom is -0.347 e. The number of aryl methyl sites for hydroxylation is 1. The Kier molecular flexibility index (Phi) is 5.03. The van der Waals surface area contributed by atoms with Gasteiger partial charge in [0.2, 0.25) is 0 Å². The van der Waals surface area contributed by atoms with Crippen molar-refractivity contribution in [3.63, 3.8) is 0 Å². The van der Waals surface area contributed by atoms with E-state index in [1.807, 2.05) is 24.8 Å². The first-order valence-electron chi connectivity index (χ1n) is 10.7. The van der Waals surface area contributed by atoms with Gasteiger partial charge in [-0.2, -0.15) is 5.10 Å². The fourth-order valence-corrected chi connectivity index (χ4v) is 4.41. The van der Waals surface area contributed by atoms with Crippen LogP contribution in [-0.4, -0.2) is 32.0 Å². The number of fused-ring (bicyclic) bond motifs is 1. The Morgan fingerprint density at radius 3 is 2.79 bits per heavy atom. The number of nitrogens with one attached hydrogen (secondary N) is 1. The molecule has 168 valence electrons. The van der Waals surface area contributed by atoms with Crippen molar-refractivity contribution in [2.45, 2.75) is 32.2 Å². The van der Waals surface area contributed by atoms with Crippen molar-refractivity contribution in [2.75, 3.05) is 16.8 Å². The van der Waals surface area contributed by atoms with E-state index in [1.54, 1.807) is 29.0 Å². The van der Waals surface area contributed by atoms with Crippen LogP contribution in [0.4, 0.5) is 20.3 Å². The fourth-order valence-electron chi connectivity index (χ4n) is 4.41. The van der Waals surface area contributed by atoms with Gasteiger partial charge >= 0.3 is 0 Å². The smallest absolute Gasteiger partial charge is 0.274 e. The van der Waals surface area contributed by atoms with E-state index in [9.17, 15) is 13.6 Å². The van der Waals surface area contributed by atoms with Crippen molar-refractivity contribution in [3.8, 4) is 0 Å². The third kappa shape index (κ3) is 3.69. The molecule has 1 amide bonds. The molecule has 7 nitrogen and oxygen atoms in total. The van der Waals surface area contributed by atoms with Gasteiger partial charge < -0.3 is 10.2 Å². The van der Waals surface area contributed by atoms with Gasteiger partial charge in [-0.15, -0.1) is 0 Å². The molecule has 4 heterocycles. The Balaban J connectivity index is 1.50. The summed E-state index contributed by atoms with van der Waals surface area (Å²) in [4.78, 5) is 23.5. The summed E-state index contributed by atoms with van der Waals surface area (Å²) in [5, 5.41) is 7.07. The number of benzene rings is 1. The average Bonchev–Trinajstić information content (AvgIpc) is 3.39. The first kappa shape index (κ1) is 21.0. The average molecular weight is 448 g/mol. The van der Waals surface area contributed by atoms with E-state index in [-0.39, 0.29) is 11.6 Å². The van der Waals surface area contributed by atoms with Crippen LogP contribution < -0.4 is 10.2 Å². The Morgan fingerprint density at radius 2 is 2.00 bits per heavy atom. The summed E-state index contributed by atoms with van der Waals surface area (Å²) in [5.74, 6) is -0.705. The Labute approximate surface area is 189 Å². The lowest BCUT2D eigenvalue weighted by Crippen LogP contribution is -2.40. The summed E-state index contributed by atoms with van der Waals surface area (Å²) in [7, 11) is 0. The van der Waals surface area contributed by atoms with Crippen molar-refractivity contribution >= 4 is 23.1 Å². The third-order valence-corrected chi connectivity index (χ3v) is 6.17. The number of anilines is 2. The zero-order chi connectivity index (χ0) is 23.2. The summed E-state index contributed by atoms with van der Waals surface area (Å²) >= 11 is 0. The molecule has 1 N–H and O–H groups in total. The summed E-state index contributed by atoms with van der Waals surface area (Å²) < 4.78 is 30.2. The van der Waals surface area contributed by atoms with Gasteiger partial charge in [-0.1, -0.05) is 6.07 Å². The molecule has 1 aliphatic heterocycles. The summed E-state index contributed by atoms with van der Waals surface area (Å²) in [6.07, 6.45) is 6.34. The molecule has 1 aromatic carbocycles. The lowest BCUT2D eigenvalue weighted by molar-refractivity contribution is 0.102. The lowest BCUT2D eigenvalue weighted by atomic mass is 9.88. The van der Waals surface area contributed by atoms with Crippen LogP contribution in [0.3, 0.4) is 0 Å². The van der Waals surface area contributed by atoms with Crippen LogP contribution in [0.2, 0.25) is 0 Å². The summed E-state index contributed by atoms with van der Waals surface area (Å²) in [5.41, 5.74) is 1.66. The topological polar surface area (TPSA) is 75.4 Å². The molecule has 1 saturated heterocycles. The number of amides is 1. The molecule has 1 atom stereocenters. The number of rotatable bonds is 4. The molecule has 4 aromatic rings. The van der Waals surface area contributed by atoms with Gasteiger partial charge in [0.1, 0.15) is 28.8 Å². The largest absolute Gasteiger partial charge is 0.347 e. The van der Waals surface area contributed by atoms with Crippen LogP contribution in [0.1, 0.15) is 41.4 Å². The SMILES string of the molecule is Cc1ccc(C(=O)Nc2cnn3ccc(N4CCC[C@]4(C)c4cc(F)ccc4F)nc23)nc1. The number of carbonyl (C=O) groups is 1. The van der Waals surface area contributed by atoms with Crippen LogP contribution in [-0.2, 0) is 5.54 Å². The van der Waals surface area contributed by atoms with Crippen molar-refractivity contribution in [1.29, 1.82) is 0 Å². The van der Waals surface area contributed by atoms with Gasteiger partial charge in [-0.05, 0) is 62.6 Å². The first-order chi connectivity index (χ1) is 15.8. The van der Waals surface area contributed by atoms with Crippen LogP contribution in [0, 0.1) is 18.6 Å². The maximum absolute atomic E-state index is 14.7. The van der Waals surface area contributed by atoms with E-state index >= 15 is 0 Å². The monoisotopic (exact) mass is 448 g/mol. The zero-order valence-corrected chi connectivity index (χ0v) is 18.2. The second kappa shape index (κ2) is 7.91. The number of hydrogen-bond donors (Lipinski definition) is 1. The van der Waals surface area contributed by atoms with Crippen molar-refractivity contribution in [3.05, 3.63) is 83.4 Å². The number of carbonyl (C=O) groups excluding carboxylic acids is 1. The van der Waals surface area contributed by atoms with Gasteiger partial charge in [0.25, 0.3) is 5.91 Å². The number of hydrogen-bond acceptors (Lipinski definition) is 5. The summed E-state index contributed by atoms with van der Waals surface area (Å²) in [6, 6.07) is 8.79. The molecular weight excluding hydrogens is 426 g/mol. The predicted molar refractivity (Wildman–Crippen MR) is 120 cm³/mol. The minimum absolute atomic E-state index is 0.282. The number of halogens is 2. The predicted octanol–water partition coefficient (Wildman–Crippen LogP) is 4.48. The lowest BCUT2D eigenvalue weighted by Gasteiger charge is -2.37. The molecule has 0 spiro atoms. The van der Waals surface area contributed by atoms with Crippen molar-refractivity contribution in [1.82, 2.24) is 19.6 Å². The molecule has 1 fully saturated rings. The highest BCUT2D eigenvalue weighted by molar-refractivity contribution is 6.04. The second-order valence-electron chi connectivity index (χ2n) is 8.44. The minimum atomic E-state index is -0.757. The molecule has 0 bridgehead atoms. The first-order valence-corrected chi connectivity index (χ1v) is 10.7. The van der Waals surface area contributed by atoms with Crippen molar-refractivity contribution in [2.24, 2.45) is 0 Å².